The fraction of sp³-hybridized carbons (Fsp3) is 0.556. The number of carbonyl (C=O) groups excluding carboxylic acids is 2. The number of fused-ring (bicyclic) bond motifs is 1. The summed E-state index contributed by atoms with van der Waals surface area (Å²) >= 11 is 0. The van der Waals surface area contributed by atoms with Crippen molar-refractivity contribution < 1.29 is 14.7 Å². The molecule has 0 aromatic heterocycles. The number of rotatable bonds is 2. The average Bonchev–Trinajstić information content (AvgIpc) is 2.55. The number of aryl methyl sites for hydroxylation is 1. The Balaban J connectivity index is 1.75. The van der Waals surface area contributed by atoms with Crippen LogP contribution in [0.1, 0.15) is 48.5 Å². The van der Waals surface area contributed by atoms with Gasteiger partial charge in [-0.05, 0) is 49.3 Å². The van der Waals surface area contributed by atoms with E-state index in [1.165, 1.54) is 0 Å². The molecule has 0 spiro atoms. The van der Waals surface area contributed by atoms with E-state index in [9.17, 15) is 14.7 Å². The molecule has 1 aromatic rings. The maximum Gasteiger partial charge on any atom is 0.322 e. The maximum atomic E-state index is 12.6. The molecule has 5 nitrogen and oxygen atoms in total. The summed E-state index contributed by atoms with van der Waals surface area (Å²) in [5.41, 5.74) is 2.46. The third-order valence-corrected chi connectivity index (χ3v) is 5.08. The molecular formula is C18H24N2O3. The molecule has 2 aliphatic rings. The zero-order valence-corrected chi connectivity index (χ0v) is 13.5. The molecular weight excluding hydrogens is 292 g/mol. The lowest BCUT2D eigenvalue weighted by atomic mass is 9.90. The Bertz CT molecular complexity index is 614. The van der Waals surface area contributed by atoms with Crippen molar-refractivity contribution in [1.29, 1.82) is 0 Å². The summed E-state index contributed by atoms with van der Waals surface area (Å²) in [6, 6.07) is 5.25. The molecule has 0 bridgehead atoms. The van der Waals surface area contributed by atoms with Gasteiger partial charge in [-0.25, -0.2) is 4.79 Å². The summed E-state index contributed by atoms with van der Waals surface area (Å²) in [6.45, 7) is 2.71. The fourth-order valence-corrected chi connectivity index (χ4v) is 3.68. The second kappa shape index (κ2) is 6.71. The Labute approximate surface area is 136 Å². The Kier molecular flexibility index (Phi) is 4.66. The zero-order chi connectivity index (χ0) is 16.4. The highest BCUT2D eigenvalue weighted by Gasteiger charge is 2.31. The van der Waals surface area contributed by atoms with Gasteiger partial charge in [0.25, 0.3) is 0 Å². The molecule has 23 heavy (non-hydrogen) atoms. The molecule has 0 saturated carbocycles. The number of benzene rings is 1. The summed E-state index contributed by atoms with van der Waals surface area (Å²) in [7, 11) is 0. The molecule has 2 amide bonds. The van der Waals surface area contributed by atoms with Crippen molar-refractivity contribution in [3.05, 3.63) is 29.3 Å². The van der Waals surface area contributed by atoms with Gasteiger partial charge in [0.05, 0.1) is 12.6 Å². The van der Waals surface area contributed by atoms with E-state index in [2.05, 4.69) is 12.2 Å². The van der Waals surface area contributed by atoms with Crippen molar-refractivity contribution in [1.82, 2.24) is 4.90 Å². The van der Waals surface area contributed by atoms with Crippen LogP contribution in [0.3, 0.4) is 0 Å². The second-order valence-electron chi connectivity index (χ2n) is 6.64. The summed E-state index contributed by atoms with van der Waals surface area (Å²) in [6.07, 6.45) is 4.39. The van der Waals surface area contributed by atoms with Gasteiger partial charge in [-0.3, -0.25) is 4.79 Å². The smallest absolute Gasteiger partial charge is 0.322 e. The fourth-order valence-electron chi connectivity index (χ4n) is 3.68. The van der Waals surface area contributed by atoms with Crippen LogP contribution in [0.5, 0.6) is 0 Å². The number of aliphatic hydroxyl groups is 1. The molecule has 1 aromatic carbocycles. The van der Waals surface area contributed by atoms with E-state index in [-0.39, 0.29) is 24.5 Å². The molecule has 1 fully saturated rings. The zero-order valence-electron chi connectivity index (χ0n) is 13.5. The van der Waals surface area contributed by atoms with Gasteiger partial charge >= 0.3 is 6.03 Å². The van der Waals surface area contributed by atoms with Crippen LogP contribution in [0.25, 0.3) is 0 Å². The molecule has 2 N–H and O–H groups in total. The summed E-state index contributed by atoms with van der Waals surface area (Å²) < 4.78 is 0. The topological polar surface area (TPSA) is 69.6 Å². The first-order chi connectivity index (χ1) is 11.1. The number of nitrogens with one attached hydrogen (secondary N) is 1. The minimum atomic E-state index is -0.196. The second-order valence-corrected chi connectivity index (χ2v) is 6.64. The van der Waals surface area contributed by atoms with Crippen molar-refractivity contribution in [2.75, 3.05) is 18.5 Å². The number of piperidine rings is 1. The Morgan fingerprint density at radius 1 is 1.35 bits per heavy atom. The molecule has 1 aliphatic heterocycles. The number of likely N-dealkylation sites (tertiary alicyclic amines) is 1. The molecule has 5 heteroatoms. The molecule has 2 unspecified atom stereocenters. The van der Waals surface area contributed by atoms with Crippen molar-refractivity contribution in [3.63, 3.8) is 0 Å². The minimum absolute atomic E-state index is 0.0166. The SMILES string of the molecule is CC1CCCN(C(=O)Nc2ccc3c(c2)C(=O)CCC3)C1CO. The van der Waals surface area contributed by atoms with Crippen molar-refractivity contribution >= 4 is 17.5 Å². The number of amides is 2. The van der Waals surface area contributed by atoms with E-state index in [0.29, 0.717) is 24.6 Å². The highest BCUT2D eigenvalue weighted by molar-refractivity contribution is 6.00. The van der Waals surface area contributed by atoms with Gasteiger partial charge < -0.3 is 15.3 Å². The van der Waals surface area contributed by atoms with E-state index in [1.807, 2.05) is 12.1 Å². The lowest BCUT2D eigenvalue weighted by Gasteiger charge is -2.38. The first kappa shape index (κ1) is 16.0. The van der Waals surface area contributed by atoms with Crippen LogP contribution in [0, 0.1) is 5.92 Å². The quantitative estimate of drug-likeness (QED) is 0.881. The van der Waals surface area contributed by atoms with Crippen LogP contribution in [0.4, 0.5) is 10.5 Å². The minimum Gasteiger partial charge on any atom is -0.394 e. The van der Waals surface area contributed by atoms with Gasteiger partial charge in [-0.1, -0.05) is 13.0 Å². The van der Waals surface area contributed by atoms with E-state index >= 15 is 0 Å². The highest BCUT2D eigenvalue weighted by Crippen LogP contribution is 2.26. The van der Waals surface area contributed by atoms with Crippen LogP contribution in [-0.2, 0) is 6.42 Å². The lowest BCUT2D eigenvalue weighted by molar-refractivity contribution is 0.0811. The van der Waals surface area contributed by atoms with E-state index in [4.69, 9.17) is 0 Å². The van der Waals surface area contributed by atoms with Crippen molar-refractivity contribution in [2.45, 2.75) is 45.1 Å². The summed E-state index contributed by atoms with van der Waals surface area (Å²) in [4.78, 5) is 26.3. The molecule has 3 rings (SSSR count). The molecule has 1 aliphatic carbocycles. The Hall–Kier alpha value is -1.88. The number of urea groups is 1. The van der Waals surface area contributed by atoms with Crippen LogP contribution in [0.15, 0.2) is 18.2 Å². The molecule has 0 radical (unpaired) electrons. The third kappa shape index (κ3) is 3.24. The number of ketones is 1. The highest BCUT2D eigenvalue weighted by atomic mass is 16.3. The van der Waals surface area contributed by atoms with Gasteiger partial charge in [-0.2, -0.15) is 0 Å². The van der Waals surface area contributed by atoms with Gasteiger partial charge in [0.2, 0.25) is 0 Å². The van der Waals surface area contributed by atoms with Crippen LogP contribution in [0.2, 0.25) is 0 Å². The van der Waals surface area contributed by atoms with E-state index < -0.39 is 0 Å². The monoisotopic (exact) mass is 316 g/mol. The Morgan fingerprint density at radius 2 is 2.17 bits per heavy atom. The predicted octanol–water partition coefficient (Wildman–Crippen LogP) is 2.83. The van der Waals surface area contributed by atoms with Crippen LogP contribution in [-0.4, -0.2) is 41.0 Å². The summed E-state index contributed by atoms with van der Waals surface area (Å²) in [5, 5.41) is 12.5. The normalized spacial score (nSPS) is 24.3. The molecule has 124 valence electrons. The number of anilines is 1. The predicted molar refractivity (Wildman–Crippen MR) is 88.7 cm³/mol. The van der Waals surface area contributed by atoms with E-state index in [0.717, 1.165) is 36.8 Å². The number of aliphatic hydroxyl groups excluding tert-OH is 1. The standard InChI is InChI=1S/C18H24N2O3/c1-12-4-3-9-20(16(12)11-21)18(23)19-14-8-7-13-5-2-6-17(22)15(13)10-14/h7-8,10,12,16,21H,2-6,9,11H2,1H3,(H,19,23). The van der Waals surface area contributed by atoms with E-state index in [1.54, 1.807) is 11.0 Å². The number of hydrogen-bond donors (Lipinski definition) is 2. The Morgan fingerprint density at radius 3 is 2.96 bits per heavy atom. The lowest BCUT2D eigenvalue weighted by Crippen LogP contribution is -2.51. The third-order valence-electron chi connectivity index (χ3n) is 5.08. The first-order valence-corrected chi connectivity index (χ1v) is 8.44. The largest absolute Gasteiger partial charge is 0.394 e. The average molecular weight is 316 g/mol. The number of nitrogens with zero attached hydrogens (tertiary/aromatic N) is 1. The molecule has 2 atom stereocenters. The number of Topliss-reactive ketones (excluding diaryl/α,β-unsaturated/α-hetero) is 1. The number of carbonyl (C=O) groups is 2. The van der Waals surface area contributed by atoms with Crippen molar-refractivity contribution in [3.8, 4) is 0 Å². The van der Waals surface area contributed by atoms with Gasteiger partial charge in [0, 0.05) is 24.2 Å². The van der Waals surface area contributed by atoms with Crippen LogP contribution < -0.4 is 5.32 Å². The van der Waals surface area contributed by atoms with Gasteiger partial charge in [-0.15, -0.1) is 0 Å². The summed E-state index contributed by atoms with van der Waals surface area (Å²) in [5.74, 6) is 0.451. The van der Waals surface area contributed by atoms with Crippen molar-refractivity contribution in [2.24, 2.45) is 5.92 Å². The first-order valence-electron chi connectivity index (χ1n) is 8.44. The van der Waals surface area contributed by atoms with Gasteiger partial charge in [0.1, 0.15) is 0 Å². The molecule has 1 saturated heterocycles. The van der Waals surface area contributed by atoms with Gasteiger partial charge in [0.15, 0.2) is 5.78 Å². The van der Waals surface area contributed by atoms with Crippen LogP contribution >= 0.6 is 0 Å². The molecule has 1 heterocycles. The maximum absolute atomic E-state index is 12.6. The number of hydrogen-bond acceptors (Lipinski definition) is 3.